The van der Waals surface area contributed by atoms with E-state index >= 15 is 0 Å². The molecule has 0 saturated carbocycles. The van der Waals surface area contributed by atoms with Crippen LogP contribution in [0.3, 0.4) is 0 Å². The molecule has 0 aliphatic carbocycles. The van der Waals surface area contributed by atoms with Gasteiger partial charge in [0.05, 0.1) is 0 Å². The molecular formula is C14H14FNO. The topological polar surface area (TPSA) is 32.3 Å². The molecule has 0 saturated heterocycles. The third-order valence-electron chi connectivity index (χ3n) is 2.58. The summed E-state index contributed by atoms with van der Waals surface area (Å²) in [6, 6.07) is 13.3. The number of nitrogens with one attached hydrogen (secondary N) is 1. The van der Waals surface area contributed by atoms with Gasteiger partial charge in [-0.2, -0.15) is 0 Å². The number of benzene rings is 2. The Morgan fingerprint density at radius 3 is 2.59 bits per heavy atom. The standard InChI is InChI=1S/C14H14FNO/c1-10(11-4-2-5-12(15)8-11)16-13-6-3-7-14(17)9-13/h2-10,16-17H,1H3. The summed E-state index contributed by atoms with van der Waals surface area (Å²) in [6.45, 7) is 1.94. The largest absolute Gasteiger partial charge is 0.508 e. The van der Waals surface area contributed by atoms with Gasteiger partial charge in [0.1, 0.15) is 11.6 Å². The molecule has 0 aliphatic heterocycles. The maximum atomic E-state index is 13.1. The highest BCUT2D eigenvalue weighted by molar-refractivity contribution is 5.49. The minimum atomic E-state index is -0.243. The van der Waals surface area contributed by atoms with Crippen molar-refractivity contribution in [1.82, 2.24) is 0 Å². The van der Waals surface area contributed by atoms with Gasteiger partial charge in [0.2, 0.25) is 0 Å². The molecule has 2 N–H and O–H groups in total. The van der Waals surface area contributed by atoms with Crippen LogP contribution in [0.5, 0.6) is 5.75 Å². The Morgan fingerprint density at radius 1 is 1.12 bits per heavy atom. The summed E-state index contributed by atoms with van der Waals surface area (Å²) < 4.78 is 13.1. The van der Waals surface area contributed by atoms with E-state index in [1.807, 2.05) is 19.1 Å². The molecule has 0 radical (unpaired) electrons. The fourth-order valence-electron chi connectivity index (χ4n) is 1.70. The highest BCUT2D eigenvalue weighted by atomic mass is 19.1. The summed E-state index contributed by atoms with van der Waals surface area (Å²) in [5.41, 5.74) is 1.68. The van der Waals surface area contributed by atoms with Crippen molar-refractivity contribution < 1.29 is 9.50 Å². The van der Waals surface area contributed by atoms with Gasteiger partial charge in [-0.25, -0.2) is 4.39 Å². The van der Waals surface area contributed by atoms with E-state index in [0.717, 1.165) is 11.3 Å². The molecule has 0 amide bonds. The van der Waals surface area contributed by atoms with E-state index in [-0.39, 0.29) is 17.6 Å². The second-order valence-corrected chi connectivity index (χ2v) is 3.97. The van der Waals surface area contributed by atoms with E-state index in [2.05, 4.69) is 5.32 Å². The average molecular weight is 231 g/mol. The normalized spacial score (nSPS) is 12.1. The number of aromatic hydroxyl groups is 1. The highest BCUT2D eigenvalue weighted by Crippen LogP contribution is 2.22. The molecule has 1 unspecified atom stereocenters. The van der Waals surface area contributed by atoms with Crippen LogP contribution in [-0.2, 0) is 0 Å². The first kappa shape index (κ1) is 11.5. The molecule has 0 aliphatic rings. The van der Waals surface area contributed by atoms with Crippen LogP contribution in [0.1, 0.15) is 18.5 Å². The Hall–Kier alpha value is -2.03. The minimum absolute atomic E-state index is 0.0208. The lowest BCUT2D eigenvalue weighted by Crippen LogP contribution is -2.06. The van der Waals surface area contributed by atoms with E-state index < -0.39 is 0 Å². The first-order valence-corrected chi connectivity index (χ1v) is 5.46. The van der Waals surface area contributed by atoms with Crippen molar-refractivity contribution in [3.05, 3.63) is 59.9 Å². The summed E-state index contributed by atoms with van der Waals surface area (Å²) in [7, 11) is 0. The Morgan fingerprint density at radius 2 is 1.88 bits per heavy atom. The number of halogens is 1. The van der Waals surface area contributed by atoms with Crippen molar-refractivity contribution in [2.45, 2.75) is 13.0 Å². The van der Waals surface area contributed by atoms with Crippen molar-refractivity contribution in [3.8, 4) is 5.75 Å². The lowest BCUT2D eigenvalue weighted by atomic mass is 10.1. The van der Waals surface area contributed by atoms with Gasteiger partial charge in [-0.15, -0.1) is 0 Å². The van der Waals surface area contributed by atoms with Crippen molar-refractivity contribution in [3.63, 3.8) is 0 Å². The van der Waals surface area contributed by atoms with Crippen LogP contribution in [-0.4, -0.2) is 5.11 Å². The summed E-state index contributed by atoms with van der Waals surface area (Å²) in [6.07, 6.45) is 0. The van der Waals surface area contributed by atoms with Gasteiger partial charge in [-0.05, 0) is 36.8 Å². The van der Waals surface area contributed by atoms with E-state index in [1.165, 1.54) is 12.1 Å². The molecule has 1 atom stereocenters. The molecule has 2 rings (SSSR count). The second kappa shape index (κ2) is 4.87. The summed E-state index contributed by atoms with van der Waals surface area (Å²) >= 11 is 0. The minimum Gasteiger partial charge on any atom is -0.508 e. The van der Waals surface area contributed by atoms with Crippen LogP contribution in [0.4, 0.5) is 10.1 Å². The molecule has 0 aromatic heterocycles. The van der Waals surface area contributed by atoms with Crippen LogP contribution < -0.4 is 5.32 Å². The van der Waals surface area contributed by atoms with Crippen LogP contribution in [0, 0.1) is 5.82 Å². The van der Waals surface area contributed by atoms with Gasteiger partial charge in [0.25, 0.3) is 0 Å². The van der Waals surface area contributed by atoms with Gasteiger partial charge in [0.15, 0.2) is 0 Å². The van der Waals surface area contributed by atoms with Gasteiger partial charge in [0, 0.05) is 17.8 Å². The summed E-state index contributed by atoms with van der Waals surface area (Å²) in [5.74, 6) is -0.0338. The third-order valence-corrected chi connectivity index (χ3v) is 2.58. The first-order valence-electron chi connectivity index (χ1n) is 5.46. The number of rotatable bonds is 3. The summed E-state index contributed by atoms with van der Waals surface area (Å²) in [5, 5.41) is 12.5. The Bertz CT molecular complexity index is 513. The first-order chi connectivity index (χ1) is 8.15. The fourth-order valence-corrected chi connectivity index (χ4v) is 1.70. The number of hydrogen-bond acceptors (Lipinski definition) is 2. The zero-order valence-electron chi connectivity index (χ0n) is 9.52. The van der Waals surface area contributed by atoms with Crippen molar-refractivity contribution in [1.29, 1.82) is 0 Å². The molecule has 0 heterocycles. The van der Waals surface area contributed by atoms with Gasteiger partial charge < -0.3 is 10.4 Å². The average Bonchev–Trinajstić information content (AvgIpc) is 2.29. The van der Waals surface area contributed by atoms with Gasteiger partial charge in [-0.1, -0.05) is 18.2 Å². The van der Waals surface area contributed by atoms with Crippen molar-refractivity contribution in [2.75, 3.05) is 5.32 Å². The molecule has 2 aromatic rings. The molecular weight excluding hydrogens is 217 g/mol. The molecule has 17 heavy (non-hydrogen) atoms. The molecule has 0 fully saturated rings. The molecule has 0 bridgehead atoms. The lowest BCUT2D eigenvalue weighted by molar-refractivity contribution is 0.475. The number of anilines is 1. The molecule has 88 valence electrons. The smallest absolute Gasteiger partial charge is 0.123 e. The molecule has 2 aromatic carbocycles. The Labute approximate surface area is 99.7 Å². The van der Waals surface area contributed by atoms with Crippen LogP contribution in [0.15, 0.2) is 48.5 Å². The summed E-state index contributed by atoms with van der Waals surface area (Å²) in [4.78, 5) is 0. The van der Waals surface area contributed by atoms with Gasteiger partial charge >= 0.3 is 0 Å². The predicted octanol–water partition coefficient (Wildman–Crippen LogP) is 3.70. The SMILES string of the molecule is CC(Nc1cccc(O)c1)c1cccc(F)c1. The van der Waals surface area contributed by atoms with E-state index in [0.29, 0.717) is 0 Å². The zero-order valence-corrected chi connectivity index (χ0v) is 9.52. The monoisotopic (exact) mass is 231 g/mol. The maximum absolute atomic E-state index is 13.1. The van der Waals surface area contributed by atoms with Crippen LogP contribution >= 0.6 is 0 Å². The van der Waals surface area contributed by atoms with Crippen molar-refractivity contribution in [2.24, 2.45) is 0 Å². The Balaban J connectivity index is 2.14. The van der Waals surface area contributed by atoms with Crippen molar-refractivity contribution >= 4 is 5.69 Å². The third kappa shape index (κ3) is 2.97. The quantitative estimate of drug-likeness (QED) is 0.844. The number of phenolic OH excluding ortho intramolecular Hbond substituents is 1. The second-order valence-electron chi connectivity index (χ2n) is 3.97. The van der Waals surface area contributed by atoms with E-state index in [4.69, 9.17) is 0 Å². The lowest BCUT2D eigenvalue weighted by Gasteiger charge is -2.15. The number of phenols is 1. The van der Waals surface area contributed by atoms with Crippen LogP contribution in [0.25, 0.3) is 0 Å². The zero-order chi connectivity index (χ0) is 12.3. The highest BCUT2D eigenvalue weighted by Gasteiger charge is 2.06. The molecule has 3 heteroatoms. The molecule has 0 spiro atoms. The fraction of sp³-hybridized carbons (Fsp3) is 0.143. The maximum Gasteiger partial charge on any atom is 0.123 e. The van der Waals surface area contributed by atoms with E-state index in [1.54, 1.807) is 24.3 Å². The van der Waals surface area contributed by atoms with Gasteiger partial charge in [-0.3, -0.25) is 0 Å². The number of hydrogen-bond donors (Lipinski definition) is 2. The Kier molecular flexibility index (Phi) is 3.28. The molecule has 2 nitrogen and oxygen atoms in total. The predicted molar refractivity (Wildman–Crippen MR) is 66.5 cm³/mol. The van der Waals surface area contributed by atoms with E-state index in [9.17, 15) is 9.50 Å². The van der Waals surface area contributed by atoms with Crippen LogP contribution in [0.2, 0.25) is 0 Å².